The maximum absolute atomic E-state index is 13.1. The molecule has 0 aliphatic rings. The van der Waals surface area contributed by atoms with Crippen LogP contribution in [0.5, 0.6) is 0 Å². The van der Waals surface area contributed by atoms with Gasteiger partial charge >= 0.3 is 0 Å². The number of nitrogens with one attached hydrogen (secondary N) is 1. The lowest BCUT2D eigenvalue weighted by molar-refractivity contribution is -0.121. The van der Waals surface area contributed by atoms with Gasteiger partial charge in [-0.1, -0.05) is 60.1 Å². The van der Waals surface area contributed by atoms with Crippen LogP contribution in [-0.4, -0.2) is 28.6 Å². The van der Waals surface area contributed by atoms with Crippen molar-refractivity contribution in [1.82, 2.24) is 5.32 Å². The highest BCUT2D eigenvalue weighted by Gasteiger charge is 2.25. The molecule has 126 valence electrons. The van der Waals surface area contributed by atoms with Crippen molar-refractivity contribution in [2.24, 2.45) is 5.90 Å². The molecule has 5 nitrogen and oxygen atoms in total. The quantitative estimate of drug-likeness (QED) is 0.287. The van der Waals surface area contributed by atoms with E-state index in [2.05, 4.69) is 11.9 Å². The first-order chi connectivity index (χ1) is 10.9. The van der Waals surface area contributed by atoms with Crippen LogP contribution in [0.15, 0.2) is 43.0 Å². The Bertz CT molecular complexity index is 564. The van der Waals surface area contributed by atoms with Gasteiger partial charge in [-0.05, 0) is 11.6 Å². The number of carbonyl (C=O) groups is 1. The van der Waals surface area contributed by atoms with E-state index in [0.29, 0.717) is 16.9 Å². The zero-order valence-corrected chi connectivity index (χ0v) is 13.6. The van der Waals surface area contributed by atoms with Crippen LogP contribution in [0.1, 0.15) is 17.2 Å². The molecule has 0 aliphatic heterocycles. The smallest absolute Gasteiger partial charge is 0.253 e. The normalized spacial score (nSPS) is 14.3. The van der Waals surface area contributed by atoms with E-state index >= 15 is 0 Å². The Hall–Kier alpha value is -1.60. The standard InChI is InChI=1S/C15H17Cl2FN2O3/c1-2-3-12(23-19)9-4-6-10(7-5-9)13(21)11(8-18)20-15(22)14(16)17/h2-7,11,13-14,21H,1,8,19H2,(H,20,22)/b12-3-/t11-,13-/m1/s1. The predicted molar refractivity (Wildman–Crippen MR) is 88.2 cm³/mol. The number of allylic oxidation sites excluding steroid dienone is 2. The molecule has 0 saturated carbocycles. The van der Waals surface area contributed by atoms with Crippen molar-refractivity contribution in [2.45, 2.75) is 17.0 Å². The molecular weight excluding hydrogens is 346 g/mol. The fourth-order valence-corrected chi connectivity index (χ4v) is 1.96. The van der Waals surface area contributed by atoms with Gasteiger partial charge in [-0.25, -0.2) is 4.39 Å². The van der Waals surface area contributed by atoms with Crippen molar-refractivity contribution in [3.63, 3.8) is 0 Å². The van der Waals surface area contributed by atoms with Crippen LogP contribution in [0.25, 0.3) is 5.76 Å². The van der Waals surface area contributed by atoms with Crippen LogP contribution >= 0.6 is 23.2 Å². The van der Waals surface area contributed by atoms with Crippen LogP contribution in [0.2, 0.25) is 0 Å². The van der Waals surface area contributed by atoms with Crippen LogP contribution < -0.4 is 11.2 Å². The largest absolute Gasteiger partial charge is 0.411 e. The van der Waals surface area contributed by atoms with Gasteiger partial charge in [0.1, 0.15) is 12.8 Å². The van der Waals surface area contributed by atoms with Gasteiger partial charge in [-0.2, -0.15) is 5.90 Å². The molecule has 0 aromatic heterocycles. The van der Waals surface area contributed by atoms with Crippen molar-refractivity contribution < 1.29 is 19.1 Å². The first-order valence-electron chi connectivity index (χ1n) is 6.57. The summed E-state index contributed by atoms with van der Waals surface area (Å²) in [6, 6.07) is 5.21. The van der Waals surface area contributed by atoms with E-state index in [4.69, 9.17) is 33.9 Å². The fourth-order valence-electron chi connectivity index (χ4n) is 1.84. The number of halogens is 3. The zero-order valence-electron chi connectivity index (χ0n) is 12.1. The molecule has 8 heteroatoms. The highest BCUT2D eigenvalue weighted by molar-refractivity contribution is 6.53. The Morgan fingerprint density at radius 1 is 1.43 bits per heavy atom. The van der Waals surface area contributed by atoms with Gasteiger partial charge in [0.25, 0.3) is 5.91 Å². The molecule has 1 aromatic rings. The minimum Gasteiger partial charge on any atom is -0.411 e. The molecule has 4 N–H and O–H groups in total. The molecule has 2 atom stereocenters. The molecule has 0 heterocycles. The average molecular weight is 363 g/mol. The summed E-state index contributed by atoms with van der Waals surface area (Å²) < 4.78 is 13.1. The van der Waals surface area contributed by atoms with Crippen LogP contribution in [-0.2, 0) is 9.63 Å². The summed E-state index contributed by atoms with van der Waals surface area (Å²) >= 11 is 10.8. The molecule has 0 aliphatic carbocycles. The molecule has 0 unspecified atom stereocenters. The van der Waals surface area contributed by atoms with Gasteiger partial charge in [-0.3, -0.25) is 4.79 Å². The third kappa shape index (κ3) is 5.51. The van der Waals surface area contributed by atoms with E-state index in [1.165, 1.54) is 6.08 Å². The zero-order chi connectivity index (χ0) is 17.4. The maximum atomic E-state index is 13.1. The molecule has 0 spiro atoms. The minimum atomic E-state index is -1.34. The summed E-state index contributed by atoms with van der Waals surface area (Å²) in [7, 11) is 0. The van der Waals surface area contributed by atoms with Gasteiger partial charge < -0.3 is 15.3 Å². The Balaban J connectivity index is 2.90. The number of nitrogens with two attached hydrogens (primary N) is 1. The number of carbonyl (C=O) groups excluding carboxylic acids is 1. The van der Waals surface area contributed by atoms with Gasteiger partial charge in [0.2, 0.25) is 0 Å². The van der Waals surface area contributed by atoms with E-state index in [1.54, 1.807) is 30.3 Å². The summed E-state index contributed by atoms with van der Waals surface area (Å²) in [5, 5.41) is 12.4. The van der Waals surface area contributed by atoms with Crippen molar-refractivity contribution in [2.75, 3.05) is 6.67 Å². The second-order valence-corrected chi connectivity index (χ2v) is 5.62. The first-order valence-corrected chi connectivity index (χ1v) is 7.44. The summed E-state index contributed by atoms with van der Waals surface area (Å²) in [6.07, 6.45) is 1.81. The Kier molecular flexibility index (Phi) is 8.05. The molecule has 0 radical (unpaired) electrons. The molecule has 0 fully saturated rings. The third-order valence-corrected chi connectivity index (χ3v) is 3.40. The van der Waals surface area contributed by atoms with E-state index in [9.17, 15) is 14.3 Å². The Labute approximate surface area is 143 Å². The number of alkyl halides is 3. The number of hydrogen-bond donors (Lipinski definition) is 3. The third-order valence-electron chi connectivity index (χ3n) is 3.01. The van der Waals surface area contributed by atoms with Gasteiger partial charge in [0.15, 0.2) is 10.6 Å². The van der Waals surface area contributed by atoms with Crippen LogP contribution in [0.4, 0.5) is 4.39 Å². The molecule has 1 rings (SSSR count). The highest BCUT2D eigenvalue weighted by Crippen LogP contribution is 2.21. The Morgan fingerprint density at radius 2 is 2.04 bits per heavy atom. The Morgan fingerprint density at radius 3 is 2.48 bits per heavy atom. The van der Waals surface area contributed by atoms with Gasteiger partial charge in [0.05, 0.1) is 6.04 Å². The molecule has 0 bridgehead atoms. The fraction of sp³-hybridized carbons (Fsp3) is 0.267. The van der Waals surface area contributed by atoms with Crippen molar-refractivity contribution in [3.8, 4) is 0 Å². The van der Waals surface area contributed by atoms with Crippen molar-refractivity contribution >= 4 is 34.9 Å². The molecular formula is C15H17Cl2FN2O3. The van der Waals surface area contributed by atoms with Crippen molar-refractivity contribution in [1.29, 1.82) is 0 Å². The summed E-state index contributed by atoms with van der Waals surface area (Å²) in [6.45, 7) is 2.56. The summed E-state index contributed by atoms with van der Waals surface area (Å²) in [4.78, 5) is 14.8. The molecule has 23 heavy (non-hydrogen) atoms. The lowest BCUT2D eigenvalue weighted by Gasteiger charge is -2.22. The topological polar surface area (TPSA) is 84.6 Å². The van der Waals surface area contributed by atoms with E-state index < -0.39 is 29.6 Å². The van der Waals surface area contributed by atoms with E-state index in [-0.39, 0.29) is 0 Å². The van der Waals surface area contributed by atoms with Gasteiger partial charge in [0, 0.05) is 5.56 Å². The number of benzene rings is 1. The minimum absolute atomic E-state index is 0.378. The second-order valence-electron chi connectivity index (χ2n) is 4.52. The number of aliphatic hydroxyl groups is 1. The number of aliphatic hydroxyl groups excluding tert-OH is 1. The lowest BCUT2D eigenvalue weighted by atomic mass is 10.0. The second kappa shape index (κ2) is 9.52. The monoisotopic (exact) mass is 362 g/mol. The molecule has 0 saturated heterocycles. The van der Waals surface area contributed by atoms with E-state index in [1.807, 2.05) is 0 Å². The number of rotatable bonds is 8. The summed E-state index contributed by atoms with van der Waals surface area (Å²) in [5.74, 6) is 4.75. The van der Waals surface area contributed by atoms with Crippen LogP contribution in [0.3, 0.4) is 0 Å². The predicted octanol–water partition coefficient (Wildman–Crippen LogP) is 2.40. The summed E-state index contributed by atoms with van der Waals surface area (Å²) in [5.41, 5.74) is 1.04. The van der Waals surface area contributed by atoms with Gasteiger partial charge in [-0.15, -0.1) is 0 Å². The van der Waals surface area contributed by atoms with E-state index in [0.717, 1.165) is 0 Å². The maximum Gasteiger partial charge on any atom is 0.253 e. The first kappa shape index (κ1) is 19.4. The highest BCUT2D eigenvalue weighted by atomic mass is 35.5. The number of amides is 1. The SMILES string of the molecule is C=C/C=C(\ON)c1ccc([C@@H](O)[C@@H](CF)NC(=O)C(Cl)Cl)cc1. The van der Waals surface area contributed by atoms with Crippen LogP contribution in [0, 0.1) is 0 Å². The average Bonchev–Trinajstić information content (AvgIpc) is 2.56. The van der Waals surface area contributed by atoms with Crippen molar-refractivity contribution in [3.05, 3.63) is 54.1 Å². The lowest BCUT2D eigenvalue weighted by Crippen LogP contribution is -2.43. The molecule has 1 amide bonds. The molecule has 1 aromatic carbocycles. The number of hydrogen-bond acceptors (Lipinski definition) is 4.